The molecule has 0 atom stereocenters. The molecule has 0 spiro atoms. The number of nitrogens with one attached hydrogen (secondary N) is 1. The number of carbonyl (C=O) groups excluding carboxylic acids is 1. The van der Waals surface area contributed by atoms with E-state index in [1.165, 1.54) is 17.1 Å². The Hall–Kier alpha value is -2.63. The molecule has 0 saturated carbocycles. The van der Waals surface area contributed by atoms with Crippen molar-refractivity contribution in [2.24, 2.45) is 0 Å². The number of aryl methyl sites for hydroxylation is 1. The first kappa shape index (κ1) is 15.8. The van der Waals surface area contributed by atoms with Gasteiger partial charge in [-0.2, -0.15) is 0 Å². The fourth-order valence-corrected chi connectivity index (χ4v) is 2.02. The Labute approximate surface area is 128 Å². The molecule has 0 aliphatic carbocycles. The topological polar surface area (TPSA) is 73.2 Å². The summed E-state index contributed by atoms with van der Waals surface area (Å²) in [7, 11) is 1.62. The van der Waals surface area contributed by atoms with Crippen molar-refractivity contribution < 1.29 is 9.53 Å². The van der Waals surface area contributed by atoms with Gasteiger partial charge < -0.3 is 10.1 Å². The molecule has 0 radical (unpaired) electrons. The van der Waals surface area contributed by atoms with E-state index in [0.717, 1.165) is 17.7 Å². The van der Waals surface area contributed by atoms with Gasteiger partial charge in [0.25, 0.3) is 5.56 Å². The van der Waals surface area contributed by atoms with Gasteiger partial charge in [-0.1, -0.05) is 12.1 Å². The number of methoxy groups -OCH3 is 1. The Kier molecular flexibility index (Phi) is 5.30. The summed E-state index contributed by atoms with van der Waals surface area (Å²) in [5.74, 6) is 0.599. The molecule has 2 aromatic rings. The van der Waals surface area contributed by atoms with Gasteiger partial charge in [-0.15, -0.1) is 0 Å². The van der Waals surface area contributed by atoms with Crippen LogP contribution in [0.3, 0.4) is 0 Å². The molecule has 0 bridgehead atoms. The third-order valence-corrected chi connectivity index (χ3v) is 3.28. The molecule has 0 aliphatic heterocycles. The number of aromatic nitrogens is 2. The lowest BCUT2D eigenvalue weighted by molar-refractivity contribution is -0.121. The standard InChI is InChI=1S/C16H19N3O3/c1-12-9-17-11-19(16(12)21)10-15(20)18-8-7-13-3-5-14(22-2)6-4-13/h3-6,9,11H,7-8,10H2,1-2H3,(H,18,20). The van der Waals surface area contributed by atoms with Crippen LogP contribution in [0.2, 0.25) is 0 Å². The highest BCUT2D eigenvalue weighted by Gasteiger charge is 2.05. The van der Waals surface area contributed by atoms with Crippen LogP contribution in [0.5, 0.6) is 5.75 Å². The van der Waals surface area contributed by atoms with Gasteiger partial charge in [0.1, 0.15) is 12.3 Å². The maximum Gasteiger partial charge on any atom is 0.256 e. The number of amides is 1. The van der Waals surface area contributed by atoms with Crippen molar-refractivity contribution in [3.05, 3.63) is 58.3 Å². The lowest BCUT2D eigenvalue weighted by atomic mass is 10.1. The maximum absolute atomic E-state index is 11.8. The second-order valence-corrected chi connectivity index (χ2v) is 4.96. The molecule has 6 heteroatoms. The van der Waals surface area contributed by atoms with E-state index in [4.69, 9.17) is 4.74 Å². The Bertz CT molecular complexity index is 693. The highest BCUT2D eigenvalue weighted by molar-refractivity contribution is 5.75. The second-order valence-electron chi connectivity index (χ2n) is 4.96. The van der Waals surface area contributed by atoms with Crippen molar-refractivity contribution in [2.45, 2.75) is 19.9 Å². The molecule has 1 amide bonds. The summed E-state index contributed by atoms with van der Waals surface area (Å²) < 4.78 is 6.39. The van der Waals surface area contributed by atoms with Gasteiger partial charge in [0, 0.05) is 18.3 Å². The van der Waals surface area contributed by atoms with Crippen molar-refractivity contribution >= 4 is 5.91 Å². The Morgan fingerprint density at radius 3 is 2.73 bits per heavy atom. The first-order valence-electron chi connectivity index (χ1n) is 7.01. The molecular weight excluding hydrogens is 282 g/mol. The van der Waals surface area contributed by atoms with Crippen LogP contribution in [0, 0.1) is 6.92 Å². The summed E-state index contributed by atoms with van der Waals surface area (Å²) in [5.41, 5.74) is 1.43. The minimum absolute atomic E-state index is 0.0177. The Morgan fingerprint density at radius 1 is 1.32 bits per heavy atom. The van der Waals surface area contributed by atoms with Crippen LogP contribution in [0.15, 0.2) is 41.6 Å². The third-order valence-electron chi connectivity index (χ3n) is 3.28. The van der Waals surface area contributed by atoms with E-state index >= 15 is 0 Å². The monoisotopic (exact) mass is 301 g/mol. The van der Waals surface area contributed by atoms with Gasteiger partial charge in [-0.25, -0.2) is 4.98 Å². The van der Waals surface area contributed by atoms with Crippen molar-refractivity contribution in [2.75, 3.05) is 13.7 Å². The van der Waals surface area contributed by atoms with E-state index < -0.39 is 0 Å². The Morgan fingerprint density at radius 2 is 2.05 bits per heavy atom. The van der Waals surface area contributed by atoms with E-state index in [1.54, 1.807) is 14.0 Å². The van der Waals surface area contributed by atoms with E-state index in [9.17, 15) is 9.59 Å². The number of hydrogen-bond donors (Lipinski definition) is 1. The molecular formula is C16H19N3O3. The molecule has 1 N–H and O–H groups in total. The quantitative estimate of drug-likeness (QED) is 0.861. The molecule has 0 saturated heterocycles. The number of benzene rings is 1. The van der Waals surface area contributed by atoms with Gasteiger partial charge in [-0.05, 0) is 31.0 Å². The zero-order chi connectivity index (χ0) is 15.9. The molecule has 2 rings (SSSR count). The summed E-state index contributed by atoms with van der Waals surface area (Å²) in [6.45, 7) is 2.17. The summed E-state index contributed by atoms with van der Waals surface area (Å²) in [4.78, 5) is 27.6. The van der Waals surface area contributed by atoms with Crippen LogP contribution in [0.25, 0.3) is 0 Å². The SMILES string of the molecule is COc1ccc(CCNC(=O)Cn2cncc(C)c2=O)cc1. The van der Waals surface area contributed by atoms with E-state index in [2.05, 4.69) is 10.3 Å². The lowest BCUT2D eigenvalue weighted by Gasteiger charge is -2.08. The molecule has 6 nitrogen and oxygen atoms in total. The number of ether oxygens (including phenoxy) is 1. The van der Waals surface area contributed by atoms with Crippen LogP contribution in [0.1, 0.15) is 11.1 Å². The van der Waals surface area contributed by atoms with Crippen LogP contribution in [-0.4, -0.2) is 29.1 Å². The highest BCUT2D eigenvalue weighted by atomic mass is 16.5. The minimum atomic E-state index is -0.206. The van der Waals surface area contributed by atoms with Crippen LogP contribution in [-0.2, 0) is 17.8 Å². The van der Waals surface area contributed by atoms with Gasteiger partial charge >= 0.3 is 0 Å². The summed E-state index contributed by atoms with van der Waals surface area (Å²) in [6.07, 6.45) is 3.58. The molecule has 22 heavy (non-hydrogen) atoms. The van der Waals surface area contributed by atoms with Gasteiger partial charge in [0.15, 0.2) is 0 Å². The van der Waals surface area contributed by atoms with Crippen molar-refractivity contribution in [1.29, 1.82) is 0 Å². The molecule has 1 aromatic carbocycles. The predicted octanol–water partition coefficient (Wildman–Crippen LogP) is 0.919. The molecule has 0 unspecified atom stereocenters. The first-order chi connectivity index (χ1) is 10.6. The van der Waals surface area contributed by atoms with E-state index in [0.29, 0.717) is 12.1 Å². The normalized spacial score (nSPS) is 10.3. The van der Waals surface area contributed by atoms with Gasteiger partial charge in [-0.3, -0.25) is 14.2 Å². The van der Waals surface area contributed by atoms with Crippen LogP contribution >= 0.6 is 0 Å². The van der Waals surface area contributed by atoms with Crippen LogP contribution in [0.4, 0.5) is 0 Å². The molecule has 1 aromatic heterocycles. The highest BCUT2D eigenvalue weighted by Crippen LogP contribution is 2.11. The van der Waals surface area contributed by atoms with Crippen LogP contribution < -0.4 is 15.6 Å². The molecule has 116 valence electrons. The average Bonchev–Trinajstić information content (AvgIpc) is 2.52. The Balaban J connectivity index is 1.82. The predicted molar refractivity (Wildman–Crippen MR) is 82.9 cm³/mol. The van der Waals surface area contributed by atoms with Crippen molar-refractivity contribution in [1.82, 2.24) is 14.9 Å². The number of hydrogen-bond acceptors (Lipinski definition) is 4. The fraction of sp³-hybridized carbons (Fsp3) is 0.312. The zero-order valence-electron chi connectivity index (χ0n) is 12.7. The van der Waals surface area contributed by atoms with E-state index in [-0.39, 0.29) is 18.0 Å². The third kappa shape index (κ3) is 4.18. The average molecular weight is 301 g/mol. The second kappa shape index (κ2) is 7.40. The summed E-state index contributed by atoms with van der Waals surface area (Å²) in [5, 5.41) is 2.80. The molecule has 1 heterocycles. The largest absolute Gasteiger partial charge is 0.497 e. The first-order valence-corrected chi connectivity index (χ1v) is 7.01. The molecule has 0 aliphatic rings. The van der Waals surface area contributed by atoms with E-state index in [1.807, 2.05) is 24.3 Å². The fourth-order valence-electron chi connectivity index (χ4n) is 2.02. The van der Waals surface area contributed by atoms with Crippen molar-refractivity contribution in [3.63, 3.8) is 0 Å². The summed E-state index contributed by atoms with van der Waals surface area (Å²) >= 11 is 0. The maximum atomic E-state index is 11.8. The minimum Gasteiger partial charge on any atom is -0.497 e. The smallest absolute Gasteiger partial charge is 0.256 e. The van der Waals surface area contributed by atoms with Gasteiger partial charge in [0.2, 0.25) is 5.91 Å². The number of nitrogens with zero attached hydrogens (tertiary/aromatic N) is 2. The summed E-state index contributed by atoms with van der Waals surface area (Å²) in [6, 6.07) is 7.68. The van der Waals surface area contributed by atoms with Gasteiger partial charge in [0.05, 0.1) is 13.4 Å². The zero-order valence-corrected chi connectivity index (χ0v) is 12.7. The van der Waals surface area contributed by atoms with Crippen molar-refractivity contribution in [3.8, 4) is 5.75 Å². The number of carbonyl (C=O) groups is 1. The lowest BCUT2D eigenvalue weighted by Crippen LogP contribution is -2.34. The molecule has 0 fully saturated rings. The number of rotatable bonds is 6.